The van der Waals surface area contributed by atoms with E-state index < -0.39 is 0 Å². The van der Waals surface area contributed by atoms with Crippen molar-refractivity contribution in [2.24, 2.45) is 0 Å². The van der Waals surface area contributed by atoms with Gasteiger partial charge in [0.1, 0.15) is 16.9 Å². The molecule has 0 bridgehead atoms. The van der Waals surface area contributed by atoms with E-state index in [0.29, 0.717) is 33.1 Å². The highest BCUT2D eigenvalue weighted by Crippen LogP contribution is 2.49. The van der Waals surface area contributed by atoms with Gasteiger partial charge in [-0.3, -0.25) is 0 Å². The number of hydrogen-bond donors (Lipinski definition) is 2. The highest BCUT2D eigenvalue weighted by Gasteiger charge is 2.24. The average Bonchev–Trinajstić information content (AvgIpc) is 3.17. The molecule has 2 aromatic heterocycles. The topological polar surface area (TPSA) is 76.0 Å². The van der Waals surface area contributed by atoms with Gasteiger partial charge in [-0.2, -0.15) is 0 Å². The normalized spacial score (nSPS) is 11.9. The first-order chi connectivity index (χ1) is 12.1. The minimum Gasteiger partial charge on any atom is -0.504 e. The van der Waals surface area contributed by atoms with Crippen molar-refractivity contribution in [1.82, 2.24) is 0 Å². The van der Waals surface area contributed by atoms with Crippen LogP contribution in [0.5, 0.6) is 17.2 Å². The van der Waals surface area contributed by atoms with E-state index in [1.54, 1.807) is 25.3 Å². The van der Waals surface area contributed by atoms with Crippen LogP contribution in [-0.4, -0.2) is 17.3 Å². The minimum atomic E-state index is -0.0411. The molecule has 25 heavy (non-hydrogen) atoms. The Balaban J connectivity index is 2.02. The molecule has 5 aromatic rings. The maximum atomic E-state index is 10.8. The van der Waals surface area contributed by atoms with E-state index in [-0.39, 0.29) is 22.7 Å². The molecule has 0 unspecified atom stereocenters. The smallest absolute Gasteiger partial charge is 0.181 e. The molecule has 2 N–H and O–H groups in total. The van der Waals surface area contributed by atoms with Crippen molar-refractivity contribution in [3.05, 3.63) is 42.0 Å². The van der Waals surface area contributed by atoms with E-state index in [2.05, 4.69) is 0 Å². The number of rotatable bonds is 1. The number of phenols is 2. The van der Waals surface area contributed by atoms with E-state index >= 15 is 0 Å². The summed E-state index contributed by atoms with van der Waals surface area (Å²) >= 11 is 0. The van der Waals surface area contributed by atoms with Crippen LogP contribution < -0.4 is 4.74 Å². The fourth-order valence-corrected chi connectivity index (χ4v) is 3.44. The van der Waals surface area contributed by atoms with E-state index in [1.165, 1.54) is 0 Å². The highest BCUT2D eigenvalue weighted by molar-refractivity contribution is 6.22. The number of furan rings is 2. The largest absolute Gasteiger partial charge is 0.504 e. The number of methoxy groups -OCH3 is 1. The second-order valence-electron chi connectivity index (χ2n) is 6.17. The second-order valence-corrected chi connectivity index (χ2v) is 6.17. The molecule has 3 aromatic carbocycles. The first kappa shape index (κ1) is 14.0. The molecule has 0 aliphatic rings. The van der Waals surface area contributed by atoms with Crippen molar-refractivity contribution in [2.45, 2.75) is 6.92 Å². The number of aryl methyl sites for hydroxylation is 1. The molecule has 5 nitrogen and oxygen atoms in total. The lowest BCUT2D eigenvalue weighted by Crippen LogP contribution is -1.80. The van der Waals surface area contributed by atoms with Crippen LogP contribution in [0.3, 0.4) is 0 Å². The van der Waals surface area contributed by atoms with Crippen molar-refractivity contribution in [3.8, 4) is 17.2 Å². The van der Waals surface area contributed by atoms with Crippen molar-refractivity contribution < 1.29 is 23.8 Å². The minimum absolute atomic E-state index is 0.0411. The number of benzene rings is 3. The van der Waals surface area contributed by atoms with E-state index in [9.17, 15) is 10.2 Å². The molecule has 0 atom stereocenters. The number of phenolic OH excluding ortho intramolecular Hbond substituents is 2. The molecule has 124 valence electrons. The first-order valence-electron chi connectivity index (χ1n) is 7.85. The molecule has 0 fully saturated rings. The summed E-state index contributed by atoms with van der Waals surface area (Å²) < 4.78 is 16.9. The average molecular weight is 334 g/mol. The third-order valence-corrected chi connectivity index (χ3v) is 4.65. The van der Waals surface area contributed by atoms with Crippen molar-refractivity contribution in [2.75, 3.05) is 7.11 Å². The van der Waals surface area contributed by atoms with E-state index in [0.717, 1.165) is 10.9 Å². The van der Waals surface area contributed by atoms with Crippen molar-refractivity contribution in [1.29, 1.82) is 0 Å². The lowest BCUT2D eigenvalue weighted by Gasteiger charge is -2.00. The summed E-state index contributed by atoms with van der Waals surface area (Å²) in [6.45, 7) is 1.96. The van der Waals surface area contributed by atoms with Gasteiger partial charge < -0.3 is 23.8 Å². The van der Waals surface area contributed by atoms with Crippen LogP contribution >= 0.6 is 0 Å². The van der Waals surface area contributed by atoms with Crippen molar-refractivity contribution >= 4 is 43.9 Å². The molecular formula is C20H14O5. The number of fused-ring (bicyclic) bond motifs is 6. The molecular weight excluding hydrogens is 320 g/mol. The van der Waals surface area contributed by atoms with Gasteiger partial charge in [0, 0.05) is 16.8 Å². The Kier molecular flexibility index (Phi) is 2.58. The molecule has 2 heterocycles. The predicted molar refractivity (Wildman–Crippen MR) is 95.6 cm³/mol. The van der Waals surface area contributed by atoms with E-state index in [1.807, 2.05) is 25.1 Å². The summed E-state index contributed by atoms with van der Waals surface area (Å²) in [4.78, 5) is 0. The molecule has 0 radical (unpaired) electrons. The monoisotopic (exact) mass is 334 g/mol. The van der Waals surface area contributed by atoms with Crippen LogP contribution in [0.15, 0.2) is 45.2 Å². The van der Waals surface area contributed by atoms with Crippen LogP contribution in [-0.2, 0) is 0 Å². The van der Waals surface area contributed by atoms with Gasteiger partial charge in [0.15, 0.2) is 22.7 Å². The lowest BCUT2D eigenvalue weighted by molar-refractivity contribution is 0.414. The van der Waals surface area contributed by atoms with Crippen LogP contribution in [0.1, 0.15) is 5.56 Å². The predicted octanol–water partition coefficient (Wildman–Crippen LogP) is 5.21. The van der Waals surface area contributed by atoms with Crippen LogP contribution in [0, 0.1) is 6.92 Å². The Labute approximate surface area is 141 Å². The Hall–Kier alpha value is -3.34. The quantitative estimate of drug-likeness (QED) is 0.411. The highest BCUT2D eigenvalue weighted by atomic mass is 16.5. The maximum Gasteiger partial charge on any atom is 0.181 e. The molecule has 0 spiro atoms. The molecule has 5 heteroatoms. The van der Waals surface area contributed by atoms with Gasteiger partial charge in [-0.15, -0.1) is 0 Å². The molecule has 0 amide bonds. The Bertz CT molecular complexity index is 1310. The van der Waals surface area contributed by atoms with Crippen LogP contribution in [0.25, 0.3) is 43.9 Å². The molecule has 0 saturated carbocycles. The molecule has 0 aliphatic carbocycles. The molecule has 5 rings (SSSR count). The van der Waals surface area contributed by atoms with Gasteiger partial charge >= 0.3 is 0 Å². The van der Waals surface area contributed by atoms with Gasteiger partial charge in [0.05, 0.1) is 17.9 Å². The van der Waals surface area contributed by atoms with Gasteiger partial charge in [-0.1, -0.05) is 12.1 Å². The first-order valence-corrected chi connectivity index (χ1v) is 7.85. The second kappa shape index (κ2) is 4.60. The summed E-state index contributed by atoms with van der Waals surface area (Å²) in [5.74, 6) is 0.552. The van der Waals surface area contributed by atoms with Gasteiger partial charge in [0.25, 0.3) is 0 Å². The fourth-order valence-electron chi connectivity index (χ4n) is 3.44. The zero-order chi connectivity index (χ0) is 17.3. The van der Waals surface area contributed by atoms with Gasteiger partial charge in [-0.05, 0) is 30.7 Å². The Morgan fingerprint density at radius 2 is 1.36 bits per heavy atom. The van der Waals surface area contributed by atoms with Crippen molar-refractivity contribution in [3.63, 3.8) is 0 Å². The Morgan fingerprint density at radius 3 is 1.96 bits per heavy atom. The zero-order valence-corrected chi connectivity index (χ0v) is 13.6. The van der Waals surface area contributed by atoms with Crippen LogP contribution in [0.2, 0.25) is 0 Å². The lowest BCUT2D eigenvalue weighted by atomic mass is 10.1. The standard InChI is InChI=1S/C20H14O5/c1-9-3-5-11-13(7-9)24-19-15(11)17(21)20-16(18(19)22)12-6-4-10(23-2)8-14(12)25-20/h3-8,21-22H,1-2H3. The zero-order valence-electron chi connectivity index (χ0n) is 13.6. The number of aromatic hydroxyl groups is 2. The summed E-state index contributed by atoms with van der Waals surface area (Å²) in [6.07, 6.45) is 0. The third kappa shape index (κ3) is 1.72. The van der Waals surface area contributed by atoms with E-state index in [4.69, 9.17) is 13.6 Å². The number of ether oxygens (including phenoxy) is 1. The Morgan fingerprint density at radius 1 is 0.800 bits per heavy atom. The summed E-state index contributed by atoms with van der Waals surface area (Å²) in [5, 5.41) is 23.9. The van der Waals surface area contributed by atoms with Gasteiger partial charge in [-0.25, -0.2) is 0 Å². The third-order valence-electron chi connectivity index (χ3n) is 4.65. The fraction of sp³-hybridized carbons (Fsp3) is 0.100. The van der Waals surface area contributed by atoms with Crippen LogP contribution in [0.4, 0.5) is 0 Å². The number of hydrogen-bond acceptors (Lipinski definition) is 5. The summed E-state index contributed by atoms with van der Waals surface area (Å²) in [5.41, 5.74) is 2.65. The molecule has 0 saturated heterocycles. The summed E-state index contributed by atoms with van der Waals surface area (Å²) in [6, 6.07) is 11.0. The van der Waals surface area contributed by atoms with Gasteiger partial charge in [0.2, 0.25) is 0 Å². The maximum absolute atomic E-state index is 10.8. The SMILES string of the molecule is COc1ccc2c(c1)oc1c(O)c3c(oc4cc(C)ccc43)c(O)c12. The molecule has 0 aliphatic heterocycles. The summed E-state index contributed by atoms with van der Waals surface area (Å²) in [7, 11) is 1.57.